The summed E-state index contributed by atoms with van der Waals surface area (Å²) in [6.07, 6.45) is 4.66. The molecule has 3 rings (SSSR count). The zero-order valence-electron chi connectivity index (χ0n) is 12.2. The third-order valence-electron chi connectivity index (χ3n) is 3.41. The van der Waals surface area contributed by atoms with Crippen molar-refractivity contribution >= 4 is 27.5 Å². The van der Waals surface area contributed by atoms with Gasteiger partial charge in [-0.05, 0) is 47.1 Å². The lowest BCUT2D eigenvalue weighted by atomic mass is 10.1. The minimum atomic E-state index is -0.0461. The number of carbonyl (C=O) groups excluding carboxylic acids is 1. The second-order valence-corrected chi connectivity index (χ2v) is 6.14. The molecule has 1 amide bonds. The molecule has 22 heavy (non-hydrogen) atoms. The van der Waals surface area contributed by atoms with Crippen molar-refractivity contribution in [2.24, 2.45) is 0 Å². The third-order valence-corrected chi connectivity index (χ3v) is 3.88. The van der Waals surface area contributed by atoms with Crippen LogP contribution in [0.5, 0.6) is 0 Å². The second kappa shape index (κ2) is 6.32. The number of hydrogen-bond acceptors (Lipinski definition) is 2. The van der Waals surface area contributed by atoms with Crippen LogP contribution in [0.1, 0.15) is 21.6 Å². The zero-order chi connectivity index (χ0) is 15.5. The number of aromatic nitrogens is 2. The molecule has 0 aliphatic carbocycles. The van der Waals surface area contributed by atoms with E-state index in [1.165, 1.54) is 0 Å². The summed E-state index contributed by atoms with van der Waals surface area (Å²) in [4.78, 5) is 16.6. The van der Waals surface area contributed by atoms with Crippen molar-refractivity contribution in [3.63, 3.8) is 0 Å². The first kappa shape index (κ1) is 14.8. The Morgan fingerprint density at radius 2 is 2.14 bits per heavy atom. The number of carbonyl (C=O) groups is 1. The molecule has 0 atom stereocenters. The summed E-state index contributed by atoms with van der Waals surface area (Å²) in [6.45, 7) is 2.55. The summed E-state index contributed by atoms with van der Waals surface area (Å²) in [6, 6.07) is 11.5. The molecular formula is C17H16BrN3O. The van der Waals surface area contributed by atoms with Crippen molar-refractivity contribution in [3.05, 3.63) is 70.1 Å². The van der Waals surface area contributed by atoms with Crippen LogP contribution < -0.4 is 5.32 Å². The van der Waals surface area contributed by atoms with Gasteiger partial charge in [0.1, 0.15) is 5.65 Å². The number of rotatable bonds is 4. The van der Waals surface area contributed by atoms with E-state index in [0.29, 0.717) is 18.5 Å². The molecule has 1 aromatic carbocycles. The van der Waals surface area contributed by atoms with Crippen molar-refractivity contribution < 1.29 is 4.79 Å². The molecule has 0 aliphatic rings. The predicted molar refractivity (Wildman–Crippen MR) is 90.1 cm³/mol. The number of halogens is 1. The number of imidazole rings is 1. The van der Waals surface area contributed by atoms with Crippen molar-refractivity contribution in [1.29, 1.82) is 0 Å². The lowest BCUT2D eigenvalue weighted by Gasteiger charge is -2.04. The van der Waals surface area contributed by atoms with Gasteiger partial charge in [0.2, 0.25) is 0 Å². The molecule has 0 aliphatic heterocycles. The second-order valence-electron chi connectivity index (χ2n) is 5.22. The van der Waals surface area contributed by atoms with Gasteiger partial charge in [0.05, 0.1) is 5.69 Å². The number of fused-ring (bicyclic) bond motifs is 1. The molecule has 112 valence electrons. The summed E-state index contributed by atoms with van der Waals surface area (Å²) in [5, 5.41) is 2.93. The lowest BCUT2D eigenvalue weighted by molar-refractivity contribution is 0.0954. The van der Waals surface area contributed by atoms with E-state index in [1.54, 1.807) is 0 Å². The van der Waals surface area contributed by atoms with Gasteiger partial charge in [-0.25, -0.2) is 4.98 Å². The highest BCUT2D eigenvalue weighted by atomic mass is 79.9. The van der Waals surface area contributed by atoms with Gasteiger partial charge >= 0.3 is 0 Å². The minimum Gasteiger partial charge on any atom is -0.352 e. The maximum atomic E-state index is 12.1. The molecule has 0 bridgehead atoms. The Balaban J connectivity index is 1.61. The van der Waals surface area contributed by atoms with Crippen LogP contribution in [0.2, 0.25) is 0 Å². The highest BCUT2D eigenvalue weighted by Gasteiger charge is 2.06. The van der Waals surface area contributed by atoms with Gasteiger partial charge in [-0.3, -0.25) is 4.79 Å². The molecule has 0 saturated carbocycles. The van der Waals surface area contributed by atoms with Crippen LogP contribution in [0.3, 0.4) is 0 Å². The average molecular weight is 358 g/mol. The standard InChI is InChI=1S/C17H16BrN3O/c1-12-3-2-4-13(9-12)17(22)19-8-7-15-11-21-10-14(18)5-6-16(21)20-15/h2-6,9-11H,7-8H2,1H3,(H,19,22). The first-order valence-electron chi connectivity index (χ1n) is 7.10. The fourth-order valence-electron chi connectivity index (χ4n) is 2.33. The average Bonchev–Trinajstić information content (AvgIpc) is 2.89. The predicted octanol–water partition coefficient (Wildman–Crippen LogP) is 3.38. The molecule has 4 nitrogen and oxygen atoms in total. The van der Waals surface area contributed by atoms with E-state index in [4.69, 9.17) is 0 Å². The summed E-state index contributed by atoms with van der Waals surface area (Å²) >= 11 is 3.44. The zero-order valence-corrected chi connectivity index (χ0v) is 13.8. The quantitative estimate of drug-likeness (QED) is 0.777. The van der Waals surface area contributed by atoms with Gasteiger partial charge in [-0.1, -0.05) is 17.7 Å². The van der Waals surface area contributed by atoms with Gasteiger partial charge in [-0.2, -0.15) is 0 Å². The fraction of sp³-hybridized carbons (Fsp3) is 0.176. The van der Waals surface area contributed by atoms with Crippen LogP contribution in [0, 0.1) is 6.92 Å². The van der Waals surface area contributed by atoms with Crippen LogP contribution in [0.15, 0.2) is 53.3 Å². The molecule has 0 saturated heterocycles. The van der Waals surface area contributed by atoms with E-state index in [1.807, 2.05) is 60.1 Å². The monoisotopic (exact) mass is 357 g/mol. The molecule has 1 N–H and O–H groups in total. The van der Waals surface area contributed by atoms with Crippen molar-refractivity contribution in [3.8, 4) is 0 Å². The fourth-order valence-corrected chi connectivity index (χ4v) is 2.68. The smallest absolute Gasteiger partial charge is 0.251 e. The Bertz CT molecular complexity index is 826. The number of nitrogens with zero attached hydrogens (tertiary/aromatic N) is 2. The van der Waals surface area contributed by atoms with Crippen LogP contribution in [0.4, 0.5) is 0 Å². The minimum absolute atomic E-state index is 0.0461. The van der Waals surface area contributed by atoms with Crippen LogP contribution in [-0.2, 0) is 6.42 Å². The molecule has 0 unspecified atom stereocenters. The van der Waals surface area contributed by atoms with Gasteiger partial charge in [0.15, 0.2) is 0 Å². The number of benzene rings is 1. The molecular weight excluding hydrogens is 342 g/mol. The molecule has 0 radical (unpaired) electrons. The maximum absolute atomic E-state index is 12.1. The first-order valence-corrected chi connectivity index (χ1v) is 7.89. The van der Waals surface area contributed by atoms with Crippen molar-refractivity contribution in [2.45, 2.75) is 13.3 Å². The van der Waals surface area contributed by atoms with Crippen LogP contribution in [-0.4, -0.2) is 21.8 Å². The number of aryl methyl sites for hydroxylation is 1. The van der Waals surface area contributed by atoms with E-state index in [2.05, 4.69) is 26.2 Å². The molecule has 5 heteroatoms. The van der Waals surface area contributed by atoms with E-state index in [9.17, 15) is 4.79 Å². The van der Waals surface area contributed by atoms with Gasteiger partial charge < -0.3 is 9.72 Å². The third kappa shape index (κ3) is 3.36. The molecule has 0 spiro atoms. The Morgan fingerprint density at radius 3 is 2.95 bits per heavy atom. The normalized spacial score (nSPS) is 10.8. The number of amides is 1. The summed E-state index contributed by atoms with van der Waals surface area (Å²) < 4.78 is 2.98. The molecule has 3 aromatic rings. The Labute approximate surface area is 137 Å². The Hall–Kier alpha value is -2.14. The molecule has 2 heterocycles. The van der Waals surface area contributed by atoms with E-state index in [-0.39, 0.29) is 5.91 Å². The van der Waals surface area contributed by atoms with Gasteiger partial charge in [0, 0.05) is 35.4 Å². The maximum Gasteiger partial charge on any atom is 0.251 e. The van der Waals surface area contributed by atoms with E-state index in [0.717, 1.165) is 21.4 Å². The number of pyridine rings is 1. The highest BCUT2D eigenvalue weighted by Crippen LogP contribution is 2.12. The number of nitrogens with one attached hydrogen (secondary N) is 1. The van der Waals surface area contributed by atoms with Crippen LogP contribution >= 0.6 is 15.9 Å². The van der Waals surface area contributed by atoms with E-state index < -0.39 is 0 Å². The van der Waals surface area contributed by atoms with Gasteiger partial charge in [-0.15, -0.1) is 0 Å². The Kier molecular flexibility index (Phi) is 4.24. The lowest BCUT2D eigenvalue weighted by Crippen LogP contribution is -2.25. The van der Waals surface area contributed by atoms with Crippen LogP contribution in [0.25, 0.3) is 5.65 Å². The topological polar surface area (TPSA) is 46.4 Å². The summed E-state index contributed by atoms with van der Waals surface area (Å²) in [7, 11) is 0. The first-order chi connectivity index (χ1) is 10.6. The molecule has 0 fully saturated rings. The van der Waals surface area contributed by atoms with Crippen molar-refractivity contribution in [1.82, 2.24) is 14.7 Å². The largest absolute Gasteiger partial charge is 0.352 e. The van der Waals surface area contributed by atoms with Gasteiger partial charge in [0.25, 0.3) is 5.91 Å². The summed E-state index contributed by atoms with van der Waals surface area (Å²) in [5.41, 5.74) is 3.64. The number of hydrogen-bond donors (Lipinski definition) is 1. The summed E-state index contributed by atoms with van der Waals surface area (Å²) in [5.74, 6) is -0.0461. The van der Waals surface area contributed by atoms with Crippen molar-refractivity contribution in [2.75, 3.05) is 6.54 Å². The Morgan fingerprint density at radius 1 is 1.27 bits per heavy atom. The van der Waals surface area contributed by atoms with E-state index >= 15 is 0 Å². The SMILES string of the molecule is Cc1cccc(C(=O)NCCc2cn3cc(Br)ccc3n2)c1. The molecule has 2 aromatic heterocycles. The highest BCUT2D eigenvalue weighted by molar-refractivity contribution is 9.10.